The molecule has 0 aliphatic heterocycles. The Morgan fingerprint density at radius 1 is 0.750 bits per heavy atom. The van der Waals surface area contributed by atoms with Gasteiger partial charge in [0.05, 0.1) is 14.2 Å². The maximum Gasteiger partial charge on any atom is 0.325 e. The van der Waals surface area contributed by atoms with E-state index in [-0.39, 0.29) is 11.1 Å². The third kappa shape index (κ3) is 6.86. The lowest BCUT2D eigenvalue weighted by atomic mass is 9.99. The third-order valence-electron chi connectivity index (χ3n) is 2.42. The number of methoxy groups -OCH3 is 2. The van der Waals surface area contributed by atoms with Crippen LogP contribution >= 0.6 is 0 Å². The molecule has 0 rings (SSSR count). The highest BCUT2D eigenvalue weighted by atomic mass is 16.5. The fraction of sp³-hybridized carbons (Fsp3) is 0.857. The second-order valence-corrected chi connectivity index (χ2v) is 6.79. The van der Waals surface area contributed by atoms with Crippen LogP contribution < -0.4 is 10.6 Å². The molecule has 20 heavy (non-hydrogen) atoms. The third-order valence-corrected chi connectivity index (χ3v) is 2.42. The Morgan fingerprint density at radius 3 is 1.15 bits per heavy atom. The molecule has 0 radical (unpaired) electrons. The van der Waals surface area contributed by atoms with E-state index >= 15 is 0 Å². The van der Waals surface area contributed by atoms with E-state index < -0.39 is 24.0 Å². The summed E-state index contributed by atoms with van der Waals surface area (Å²) < 4.78 is 9.60. The van der Waals surface area contributed by atoms with Gasteiger partial charge in [-0.15, -0.1) is 0 Å². The Morgan fingerprint density at radius 2 is 1.00 bits per heavy atom. The van der Waals surface area contributed by atoms with Crippen LogP contribution in [0.25, 0.3) is 0 Å². The number of hydrogen-bond acceptors (Lipinski definition) is 6. The van der Waals surface area contributed by atoms with Gasteiger partial charge in [-0.05, 0) is 41.5 Å². The Labute approximate surface area is 121 Å². The van der Waals surface area contributed by atoms with Crippen molar-refractivity contribution in [2.24, 2.45) is 0 Å². The van der Waals surface area contributed by atoms with Crippen LogP contribution in [0.5, 0.6) is 0 Å². The SMILES string of the molecule is COC(=O)C(NC(C)(C)C)C(NC(C)(C)C)C(=O)OC. The van der Waals surface area contributed by atoms with Crippen LogP contribution in [0.1, 0.15) is 41.5 Å². The van der Waals surface area contributed by atoms with Gasteiger partial charge in [-0.1, -0.05) is 0 Å². The van der Waals surface area contributed by atoms with Crippen molar-refractivity contribution in [3.05, 3.63) is 0 Å². The summed E-state index contributed by atoms with van der Waals surface area (Å²) in [6.07, 6.45) is 0. The van der Waals surface area contributed by atoms with Crippen molar-refractivity contribution in [1.82, 2.24) is 10.6 Å². The smallest absolute Gasteiger partial charge is 0.325 e. The van der Waals surface area contributed by atoms with Gasteiger partial charge in [0.2, 0.25) is 0 Å². The fourth-order valence-electron chi connectivity index (χ4n) is 1.74. The molecular weight excluding hydrogens is 260 g/mol. The number of rotatable bonds is 5. The summed E-state index contributed by atoms with van der Waals surface area (Å²) in [6.45, 7) is 11.5. The van der Waals surface area contributed by atoms with Crippen molar-refractivity contribution in [3.8, 4) is 0 Å². The first-order valence-electron chi connectivity index (χ1n) is 6.62. The minimum absolute atomic E-state index is 0.356. The van der Waals surface area contributed by atoms with Gasteiger partial charge in [-0.25, -0.2) is 0 Å². The van der Waals surface area contributed by atoms with E-state index in [0.29, 0.717) is 0 Å². The maximum absolute atomic E-state index is 12.0. The van der Waals surface area contributed by atoms with Crippen LogP contribution in [0, 0.1) is 0 Å². The zero-order valence-electron chi connectivity index (χ0n) is 13.8. The summed E-state index contributed by atoms with van der Waals surface area (Å²) in [5.41, 5.74) is -0.713. The fourth-order valence-corrected chi connectivity index (χ4v) is 1.74. The molecule has 0 aromatic heterocycles. The highest BCUT2D eigenvalue weighted by Gasteiger charge is 2.39. The molecule has 0 aliphatic carbocycles. The summed E-state index contributed by atoms with van der Waals surface area (Å²) in [5, 5.41) is 6.21. The van der Waals surface area contributed by atoms with E-state index in [4.69, 9.17) is 9.47 Å². The van der Waals surface area contributed by atoms with Crippen molar-refractivity contribution in [2.75, 3.05) is 14.2 Å². The van der Waals surface area contributed by atoms with Crippen LogP contribution in [0.15, 0.2) is 0 Å². The molecule has 0 amide bonds. The lowest BCUT2D eigenvalue weighted by Crippen LogP contribution is -2.64. The average molecular weight is 288 g/mol. The quantitative estimate of drug-likeness (QED) is 0.730. The number of carbonyl (C=O) groups is 2. The molecule has 6 nitrogen and oxygen atoms in total. The van der Waals surface area contributed by atoms with Crippen molar-refractivity contribution >= 4 is 11.9 Å². The summed E-state index contributed by atoms with van der Waals surface area (Å²) in [4.78, 5) is 24.0. The Kier molecular flexibility index (Phi) is 6.64. The predicted molar refractivity (Wildman–Crippen MR) is 77.4 cm³/mol. The molecule has 0 spiro atoms. The highest BCUT2D eigenvalue weighted by molar-refractivity contribution is 5.87. The van der Waals surface area contributed by atoms with Gasteiger partial charge in [0.25, 0.3) is 0 Å². The lowest BCUT2D eigenvalue weighted by molar-refractivity contribution is -0.153. The molecule has 2 unspecified atom stereocenters. The predicted octanol–water partition coefficient (Wildman–Crippen LogP) is 0.846. The molecule has 2 N–H and O–H groups in total. The maximum atomic E-state index is 12.0. The molecule has 118 valence electrons. The van der Waals surface area contributed by atoms with E-state index in [1.807, 2.05) is 41.5 Å². The standard InChI is InChI=1S/C14H28N2O4/c1-13(2,3)15-9(11(17)19-7)10(12(18)20-8)16-14(4,5)6/h9-10,15-16H,1-8H3. The van der Waals surface area contributed by atoms with Gasteiger partial charge in [0, 0.05) is 11.1 Å². The molecule has 0 saturated heterocycles. The van der Waals surface area contributed by atoms with Crippen LogP contribution in [0.2, 0.25) is 0 Å². The van der Waals surface area contributed by atoms with Crippen molar-refractivity contribution in [3.63, 3.8) is 0 Å². The molecular formula is C14H28N2O4. The first-order valence-corrected chi connectivity index (χ1v) is 6.62. The van der Waals surface area contributed by atoms with Crippen LogP contribution in [0.4, 0.5) is 0 Å². The minimum Gasteiger partial charge on any atom is -0.468 e. The second-order valence-electron chi connectivity index (χ2n) is 6.79. The van der Waals surface area contributed by atoms with Crippen molar-refractivity contribution in [1.29, 1.82) is 0 Å². The monoisotopic (exact) mass is 288 g/mol. The first-order chi connectivity index (χ1) is 8.91. The topological polar surface area (TPSA) is 76.7 Å². The molecule has 0 fully saturated rings. The molecule has 2 atom stereocenters. The summed E-state index contributed by atoms with van der Waals surface area (Å²) in [7, 11) is 2.59. The van der Waals surface area contributed by atoms with Crippen molar-refractivity contribution in [2.45, 2.75) is 64.7 Å². The Bertz CT molecular complexity index is 308. The van der Waals surface area contributed by atoms with Crippen LogP contribution in [0.3, 0.4) is 0 Å². The van der Waals surface area contributed by atoms with Gasteiger partial charge in [0.1, 0.15) is 12.1 Å². The highest BCUT2D eigenvalue weighted by Crippen LogP contribution is 2.11. The Hall–Kier alpha value is -1.14. The summed E-state index contributed by atoms with van der Waals surface area (Å²) in [6, 6.07) is -1.65. The molecule has 0 saturated carbocycles. The second kappa shape index (κ2) is 7.04. The number of esters is 2. The van der Waals surface area contributed by atoms with Gasteiger partial charge < -0.3 is 9.47 Å². The van der Waals surface area contributed by atoms with E-state index in [2.05, 4.69) is 10.6 Å². The number of nitrogens with one attached hydrogen (secondary N) is 2. The van der Waals surface area contributed by atoms with Gasteiger partial charge in [-0.2, -0.15) is 0 Å². The summed E-state index contributed by atoms with van der Waals surface area (Å²) in [5.74, 6) is -1.01. The van der Waals surface area contributed by atoms with Crippen LogP contribution in [-0.2, 0) is 19.1 Å². The number of ether oxygens (including phenoxy) is 2. The zero-order valence-corrected chi connectivity index (χ0v) is 13.8. The largest absolute Gasteiger partial charge is 0.468 e. The van der Waals surface area contributed by atoms with E-state index in [0.717, 1.165) is 0 Å². The Balaban J connectivity index is 5.39. The van der Waals surface area contributed by atoms with Crippen LogP contribution in [-0.4, -0.2) is 49.3 Å². The zero-order chi connectivity index (χ0) is 16.1. The molecule has 0 aromatic rings. The minimum atomic E-state index is -0.827. The average Bonchev–Trinajstić information content (AvgIpc) is 2.29. The van der Waals surface area contributed by atoms with E-state index in [9.17, 15) is 9.59 Å². The first kappa shape index (κ1) is 18.9. The van der Waals surface area contributed by atoms with E-state index in [1.165, 1.54) is 14.2 Å². The molecule has 0 heterocycles. The van der Waals surface area contributed by atoms with Gasteiger partial charge in [-0.3, -0.25) is 20.2 Å². The van der Waals surface area contributed by atoms with Gasteiger partial charge in [0.15, 0.2) is 0 Å². The number of hydrogen-bond donors (Lipinski definition) is 2. The molecule has 6 heteroatoms. The van der Waals surface area contributed by atoms with Gasteiger partial charge >= 0.3 is 11.9 Å². The number of carbonyl (C=O) groups excluding carboxylic acids is 2. The normalized spacial score (nSPS) is 15.4. The molecule has 0 aromatic carbocycles. The molecule has 0 bridgehead atoms. The lowest BCUT2D eigenvalue weighted by Gasteiger charge is -2.35. The van der Waals surface area contributed by atoms with E-state index in [1.54, 1.807) is 0 Å². The molecule has 0 aliphatic rings. The summed E-state index contributed by atoms with van der Waals surface area (Å²) >= 11 is 0. The van der Waals surface area contributed by atoms with Crippen molar-refractivity contribution < 1.29 is 19.1 Å².